The Morgan fingerprint density at radius 3 is 2.71 bits per heavy atom. The van der Waals surface area contributed by atoms with Gasteiger partial charge in [-0.05, 0) is 24.6 Å². The summed E-state index contributed by atoms with van der Waals surface area (Å²) in [5, 5.41) is 9.08. The van der Waals surface area contributed by atoms with Gasteiger partial charge in [-0.15, -0.1) is 0 Å². The van der Waals surface area contributed by atoms with E-state index in [2.05, 4.69) is 0 Å². The number of ketones is 1. The van der Waals surface area contributed by atoms with E-state index < -0.39 is 11.9 Å². The smallest absolute Gasteiger partial charge is 0.310 e. The van der Waals surface area contributed by atoms with Gasteiger partial charge in [0.05, 0.1) is 11.5 Å². The SMILES string of the molecule is C[C@H](C(=O)O)c1ccc2c(c1)OCc1ccccc1C2=O. The normalized spacial score (nSPS) is 14.4. The quantitative estimate of drug-likeness (QED) is 0.919. The van der Waals surface area contributed by atoms with Crippen molar-refractivity contribution in [3.8, 4) is 5.75 Å². The van der Waals surface area contributed by atoms with Gasteiger partial charge in [0.1, 0.15) is 12.4 Å². The van der Waals surface area contributed by atoms with Crippen molar-refractivity contribution in [2.24, 2.45) is 0 Å². The summed E-state index contributed by atoms with van der Waals surface area (Å²) in [5.74, 6) is -1.19. The van der Waals surface area contributed by atoms with Gasteiger partial charge in [0.15, 0.2) is 5.78 Å². The minimum Gasteiger partial charge on any atom is -0.488 e. The van der Waals surface area contributed by atoms with Crippen molar-refractivity contribution in [1.29, 1.82) is 0 Å². The minimum atomic E-state index is -0.904. The molecule has 4 nitrogen and oxygen atoms in total. The fraction of sp³-hybridized carbons (Fsp3) is 0.176. The van der Waals surface area contributed by atoms with Crippen LogP contribution in [0, 0.1) is 0 Å². The highest BCUT2D eigenvalue weighted by Gasteiger charge is 2.23. The van der Waals surface area contributed by atoms with Crippen molar-refractivity contribution in [2.45, 2.75) is 19.4 Å². The zero-order chi connectivity index (χ0) is 15.0. The van der Waals surface area contributed by atoms with Crippen LogP contribution in [0.25, 0.3) is 0 Å². The number of aliphatic carboxylic acids is 1. The molecule has 2 aromatic carbocycles. The maximum Gasteiger partial charge on any atom is 0.310 e. The lowest BCUT2D eigenvalue weighted by atomic mass is 9.95. The fourth-order valence-electron chi connectivity index (χ4n) is 2.43. The van der Waals surface area contributed by atoms with Crippen LogP contribution in [0.5, 0.6) is 5.75 Å². The van der Waals surface area contributed by atoms with E-state index in [0.29, 0.717) is 29.0 Å². The van der Waals surface area contributed by atoms with Crippen LogP contribution in [0.2, 0.25) is 0 Å². The lowest BCUT2D eigenvalue weighted by molar-refractivity contribution is -0.138. The van der Waals surface area contributed by atoms with Crippen LogP contribution in [0.4, 0.5) is 0 Å². The molecule has 1 N–H and O–H groups in total. The Labute approximate surface area is 122 Å². The third-order valence-corrected chi connectivity index (χ3v) is 3.77. The number of carboxylic acids is 1. The first-order valence-corrected chi connectivity index (χ1v) is 6.70. The van der Waals surface area contributed by atoms with Gasteiger partial charge in [-0.2, -0.15) is 0 Å². The molecular formula is C17H14O4. The summed E-state index contributed by atoms with van der Waals surface area (Å²) < 4.78 is 5.70. The predicted octanol–water partition coefficient (Wildman–Crippen LogP) is 3.00. The summed E-state index contributed by atoms with van der Waals surface area (Å²) in [7, 11) is 0. The molecule has 3 rings (SSSR count). The average molecular weight is 282 g/mol. The lowest BCUT2D eigenvalue weighted by Crippen LogP contribution is -2.08. The van der Waals surface area contributed by atoms with Crippen molar-refractivity contribution in [1.82, 2.24) is 0 Å². The number of benzene rings is 2. The first-order chi connectivity index (χ1) is 10.1. The molecule has 21 heavy (non-hydrogen) atoms. The fourth-order valence-corrected chi connectivity index (χ4v) is 2.43. The molecule has 1 aliphatic heterocycles. The van der Waals surface area contributed by atoms with Crippen LogP contribution >= 0.6 is 0 Å². The van der Waals surface area contributed by atoms with Gasteiger partial charge in [-0.25, -0.2) is 0 Å². The zero-order valence-corrected chi connectivity index (χ0v) is 11.5. The van der Waals surface area contributed by atoms with Crippen molar-refractivity contribution in [3.63, 3.8) is 0 Å². The highest BCUT2D eigenvalue weighted by atomic mass is 16.5. The van der Waals surface area contributed by atoms with E-state index in [4.69, 9.17) is 9.84 Å². The number of hydrogen-bond donors (Lipinski definition) is 1. The molecule has 0 unspecified atom stereocenters. The molecule has 1 aliphatic rings. The van der Waals surface area contributed by atoms with E-state index in [0.717, 1.165) is 5.56 Å². The van der Waals surface area contributed by atoms with Crippen LogP contribution in [-0.4, -0.2) is 16.9 Å². The second-order valence-electron chi connectivity index (χ2n) is 5.09. The second-order valence-corrected chi connectivity index (χ2v) is 5.09. The number of hydrogen-bond acceptors (Lipinski definition) is 3. The third-order valence-electron chi connectivity index (χ3n) is 3.77. The molecule has 1 atom stereocenters. The molecule has 4 heteroatoms. The van der Waals surface area contributed by atoms with Gasteiger partial charge in [-0.3, -0.25) is 9.59 Å². The van der Waals surface area contributed by atoms with E-state index in [-0.39, 0.29) is 5.78 Å². The maximum absolute atomic E-state index is 12.5. The Hall–Kier alpha value is -2.62. The molecule has 0 radical (unpaired) electrons. The molecule has 0 saturated heterocycles. The van der Waals surface area contributed by atoms with Crippen LogP contribution in [0.1, 0.15) is 39.9 Å². The van der Waals surface area contributed by atoms with Gasteiger partial charge in [0.25, 0.3) is 0 Å². The number of carboxylic acid groups (broad SMARTS) is 1. The molecule has 0 bridgehead atoms. The molecule has 0 aliphatic carbocycles. The Bertz CT molecular complexity index is 733. The predicted molar refractivity (Wildman–Crippen MR) is 76.7 cm³/mol. The van der Waals surface area contributed by atoms with Crippen molar-refractivity contribution >= 4 is 11.8 Å². The first kappa shape index (κ1) is 13.4. The molecule has 1 heterocycles. The summed E-state index contributed by atoms with van der Waals surface area (Å²) >= 11 is 0. The first-order valence-electron chi connectivity index (χ1n) is 6.70. The van der Waals surface area contributed by atoms with Crippen LogP contribution in [0.3, 0.4) is 0 Å². The average Bonchev–Trinajstić information content (AvgIpc) is 2.64. The van der Waals surface area contributed by atoms with E-state index in [9.17, 15) is 9.59 Å². The van der Waals surface area contributed by atoms with Gasteiger partial charge < -0.3 is 9.84 Å². The summed E-state index contributed by atoms with van der Waals surface area (Å²) in [5.41, 5.74) is 2.57. The maximum atomic E-state index is 12.5. The standard InChI is InChI=1S/C17H14O4/c1-10(17(19)20)11-6-7-14-15(8-11)21-9-12-4-2-3-5-13(12)16(14)18/h2-8,10H,9H2,1H3,(H,19,20)/t10-/m0/s1. The van der Waals surface area contributed by atoms with Crippen LogP contribution < -0.4 is 4.74 Å². The van der Waals surface area contributed by atoms with E-state index >= 15 is 0 Å². The van der Waals surface area contributed by atoms with Gasteiger partial charge in [0.2, 0.25) is 0 Å². The van der Waals surface area contributed by atoms with Gasteiger partial charge >= 0.3 is 5.97 Å². The minimum absolute atomic E-state index is 0.0902. The van der Waals surface area contributed by atoms with Crippen LogP contribution in [0.15, 0.2) is 42.5 Å². The molecule has 2 aromatic rings. The Morgan fingerprint density at radius 2 is 1.95 bits per heavy atom. The van der Waals surface area contributed by atoms with Crippen molar-refractivity contribution < 1.29 is 19.4 Å². The third kappa shape index (κ3) is 2.29. The highest BCUT2D eigenvalue weighted by Crippen LogP contribution is 2.31. The largest absolute Gasteiger partial charge is 0.488 e. The Morgan fingerprint density at radius 1 is 1.19 bits per heavy atom. The van der Waals surface area contributed by atoms with E-state index in [1.165, 1.54) is 0 Å². The number of rotatable bonds is 2. The summed E-state index contributed by atoms with van der Waals surface area (Å²) in [6.07, 6.45) is 0. The zero-order valence-electron chi connectivity index (χ0n) is 11.5. The highest BCUT2D eigenvalue weighted by molar-refractivity contribution is 6.12. The van der Waals surface area contributed by atoms with E-state index in [1.807, 2.05) is 18.2 Å². The number of carbonyl (C=O) groups is 2. The molecule has 0 amide bonds. The molecule has 106 valence electrons. The monoisotopic (exact) mass is 282 g/mol. The topological polar surface area (TPSA) is 63.6 Å². The lowest BCUT2D eigenvalue weighted by Gasteiger charge is -2.11. The van der Waals surface area contributed by atoms with Crippen molar-refractivity contribution in [2.75, 3.05) is 0 Å². The molecule has 0 saturated carbocycles. The Balaban J connectivity index is 2.07. The summed E-state index contributed by atoms with van der Waals surface area (Å²) in [6.45, 7) is 1.91. The van der Waals surface area contributed by atoms with E-state index in [1.54, 1.807) is 31.2 Å². The summed E-state index contributed by atoms with van der Waals surface area (Å²) in [6, 6.07) is 12.3. The Kier molecular flexibility index (Phi) is 3.22. The molecule has 0 aromatic heterocycles. The number of carbonyl (C=O) groups excluding carboxylic acids is 1. The van der Waals surface area contributed by atoms with Gasteiger partial charge in [0, 0.05) is 11.1 Å². The molecule has 0 spiro atoms. The van der Waals surface area contributed by atoms with Crippen LogP contribution in [-0.2, 0) is 11.4 Å². The molecule has 0 fully saturated rings. The van der Waals surface area contributed by atoms with Gasteiger partial charge in [-0.1, -0.05) is 30.3 Å². The number of fused-ring (bicyclic) bond motifs is 2. The molecular weight excluding hydrogens is 268 g/mol. The summed E-state index contributed by atoms with van der Waals surface area (Å²) in [4.78, 5) is 23.6. The number of ether oxygens (including phenoxy) is 1. The van der Waals surface area contributed by atoms with Crippen molar-refractivity contribution in [3.05, 3.63) is 64.7 Å². The second kappa shape index (κ2) is 5.05.